The Morgan fingerprint density at radius 2 is 1.86 bits per heavy atom. The van der Waals surface area contributed by atoms with Crippen LogP contribution in [0.25, 0.3) is 0 Å². The van der Waals surface area contributed by atoms with Crippen molar-refractivity contribution in [3.8, 4) is 0 Å². The molecule has 1 fully saturated rings. The Balaban J connectivity index is 0.00000220. The monoisotopic (exact) mass is 322 g/mol. The van der Waals surface area contributed by atoms with E-state index in [2.05, 4.69) is 10.6 Å². The van der Waals surface area contributed by atoms with Crippen LogP contribution in [0, 0.1) is 22.9 Å². The molecule has 7 heteroatoms. The minimum atomic E-state index is -1.62. The van der Waals surface area contributed by atoms with Crippen molar-refractivity contribution in [2.24, 2.45) is 5.41 Å². The highest BCUT2D eigenvalue weighted by molar-refractivity contribution is 5.94. The normalized spacial score (nSPS) is 17.0. The quantitative estimate of drug-likeness (QED) is 0.840. The van der Waals surface area contributed by atoms with Crippen LogP contribution < -0.4 is 10.6 Å². The maximum atomic E-state index is 13.5. The van der Waals surface area contributed by atoms with Gasteiger partial charge in [-0.25, -0.2) is 13.2 Å². The van der Waals surface area contributed by atoms with Crippen LogP contribution in [-0.4, -0.2) is 25.5 Å². The van der Waals surface area contributed by atoms with E-state index in [1.54, 1.807) is 0 Å². The van der Waals surface area contributed by atoms with Crippen LogP contribution in [0.1, 0.15) is 30.1 Å². The van der Waals surface area contributed by atoms with Crippen molar-refractivity contribution in [2.75, 3.05) is 19.6 Å². The highest BCUT2D eigenvalue weighted by Crippen LogP contribution is 2.27. The van der Waals surface area contributed by atoms with Crippen molar-refractivity contribution in [1.29, 1.82) is 0 Å². The number of halogens is 4. The average Bonchev–Trinajstić information content (AvgIpc) is 2.43. The molecule has 0 saturated carbocycles. The summed E-state index contributed by atoms with van der Waals surface area (Å²) in [5.74, 6) is -5.09. The lowest BCUT2D eigenvalue weighted by Gasteiger charge is -2.34. The number of amides is 1. The predicted octanol–water partition coefficient (Wildman–Crippen LogP) is 2.65. The molecule has 0 unspecified atom stereocenters. The molecule has 1 heterocycles. The number of carbonyl (C=O) groups is 1. The van der Waals surface area contributed by atoms with Crippen LogP contribution in [-0.2, 0) is 0 Å². The Labute approximate surface area is 127 Å². The summed E-state index contributed by atoms with van der Waals surface area (Å²) in [6.45, 7) is 4.15. The zero-order valence-electron chi connectivity index (χ0n) is 11.6. The van der Waals surface area contributed by atoms with E-state index in [0.29, 0.717) is 6.54 Å². The number of hydrogen-bond donors (Lipinski definition) is 2. The average molecular weight is 323 g/mol. The van der Waals surface area contributed by atoms with E-state index in [-0.39, 0.29) is 17.8 Å². The Morgan fingerprint density at radius 1 is 1.24 bits per heavy atom. The van der Waals surface area contributed by atoms with E-state index >= 15 is 0 Å². The van der Waals surface area contributed by atoms with Gasteiger partial charge >= 0.3 is 0 Å². The largest absolute Gasteiger partial charge is 0.351 e. The molecule has 0 bridgehead atoms. The zero-order chi connectivity index (χ0) is 14.8. The molecule has 21 heavy (non-hydrogen) atoms. The van der Waals surface area contributed by atoms with Crippen molar-refractivity contribution in [3.05, 3.63) is 35.1 Å². The Morgan fingerprint density at radius 3 is 2.48 bits per heavy atom. The lowest BCUT2D eigenvalue weighted by molar-refractivity contribution is 0.0917. The molecule has 1 saturated heterocycles. The third-order valence-electron chi connectivity index (χ3n) is 3.77. The highest BCUT2D eigenvalue weighted by Gasteiger charge is 2.28. The molecule has 1 aliphatic heterocycles. The van der Waals surface area contributed by atoms with Crippen molar-refractivity contribution in [1.82, 2.24) is 10.6 Å². The van der Waals surface area contributed by atoms with E-state index in [1.807, 2.05) is 6.92 Å². The molecule has 1 aromatic rings. The second kappa shape index (κ2) is 7.13. The van der Waals surface area contributed by atoms with Gasteiger partial charge in [0.1, 0.15) is 0 Å². The van der Waals surface area contributed by atoms with Gasteiger partial charge in [0, 0.05) is 6.54 Å². The SMILES string of the molecule is CC1(CNC(=O)c2ccc(F)c(F)c2F)CCNCC1.Cl. The number of rotatable bonds is 3. The molecule has 1 amide bonds. The van der Waals surface area contributed by atoms with Gasteiger partial charge in [-0.15, -0.1) is 12.4 Å². The number of benzene rings is 1. The Kier molecular flexibility index (Phi) is 6.04. The molecule has 118 valence electrons. The lowest BCUT2D eigenvalue weighted by atomic mass is 9.81. The summed E-state index contributed by atoms with van der Waals surface area (Å²) < 4.78 is 39.4. The zero-order valence-corrected chi connectivity index (χ0v) is 12.5. The number of piperidine rings is 1. The molecule has 0 aliphatic carbocycles. The first-order chi connectivity index (χ1) is 9.43. The summed E-state index contributed by atoms with van der Waals surface area (Å²) >= 11 is 0. The number of nitrogens with one attached hydrogen (secondary N) is 2. The molecule has 0 spiro atoms. The Bertz CT molecular complexity index is 519. The molecule has 1 aromatic carbocycles. The summed E-state index contributed by atoms with van der Waals surface area (Å²) in [5.41, 5.74) is -0.530. The van der Waals surface area contributed by atoms with Gasteiger partial charge in [0.15, 0.2) is 17.5 Å². The molecule has 1 aliphatic rings. The van der Waals surface area contributed by atoms with Gasteiger partial charge in [-0.3, -0.25) is 4.79 Å². The minimum absolute atomic E-state index is 0. The fraction of sp³-hybridized carbons (Fsp3) is 0.500. The fourth-order valence-corrected chi connectivity index (χ4v) is 2.30. The van der Waals surface area contributed by atoms with E-state index in [9.17, 15) is 18.0 Å². The minimum Gasteiger partial charge on any atom is -0.351 e. The maximum absolute atomic E-state index is 13.5. The summed E-state index contributed by atoms with van der Waals surface area (Å²) in [6.07, 6.45) is 1.79. The van der Waals surface area contributed by atoms with Crippen molar-refractivity contribution in [3.63, 3.8) is 0 Å². The summed E-state index contributed by atoms with van der Waals surface area (Å²) in [5, 5.41) is 5.82. The van der Waals surface area contributed by atoms with Crippen LogP contribution >= 0.6 is 12.4 Å². The van der Waals surface area contributed by atoms with E-state index in [0.717, 1.165) is 38.1 Å². The molecule has 0 radical (unpaired) electrons. The fourth-order valence-electron chi connectivity index (χ4n) is 2.30. The standard InChI is InChI=1S/C14H17F3N2O.ClH/c1-14(4-6-18-7-5-14)8-19-13(20)9-2-3-10(15)12(17)11(9)16;/h2-3,18H,4-8H2,1H3,(H,19,20);1H. The highest BCUT2D eigenvalue weighted by atomic mass is 35.5. The Hall–Kier alpha value is -1.27. The molecule has 0 atom stereocenters. The van der Waals surface area contributed by atoms with Crippen LogP contribution in [0.5, 0.6) is 0 Å². The van der Waals surface area contributed by atoms with E-state index < -0.39 is 28.9 Å². The first-order valence-electron chi connectivity index (χ1n) is 6.55. The van der Waals surface area contributed by atoms with Gasteiger partial charge in [-0.05, 0) is 43.5 Å². The summed E-state index contributed by atoms with van der Waals surface area (Å²) in [6, 6.07) is 1.70. The van der Waals surface area contributed by atoms with Gasteiger partial charge in [0.25, 0.3) is 5.91 Å². The van der Waals surface area contributed by atoms with Gasteiger partial charge in [0.2, 0.25) is 0 Å². The molecular formula is C14H18ClF3N2O. The molecule has 0 aromatic heterocycles. The van der Waals surface area contributed by atoms with Crippen LogP contribution in [0.3, 0.4) is 0 Å². The van der Waals surface area contributed by atoms with Gasteiger partial charge in [-0.1, -0.05) is 6.92 Å². The predicted molar refractivity (Wildman–Crippen MR) is 76.1 cm³/mol. The first kappa shape index (κ1) is 17.8. The molecule has 2 N–H and O–H groups in total. The summed E-state index contributed by atoms with van der Waals surface area (Å²) in [7, 11) is 0. The number of hydrogen-bond acceptors (Lipinski definition) is 2. The van der Waals surface area contributed by atoms with E-state index in [4.69, 9.17) is 0 Å². The lowest BCUT2D eigenvalue weighted by Crippen LogP contribution is -2.43. The molecular weight excluding hydrogens is 305 g/mol. The first-order valence-corrected chi connectivity index (χ1v) is 6.55. The van der Waals surface area contributed by atoms with Crippen molar-refractivity contribution >= 4 is 18.3 Å². The third kappa shape index (κ3) is 4.11. The second-order valence-corrected chi connectivity index (χ2v) is 5.47. The number of carbonyl (C=O) groups excluding carboxylic acids is 1. The van der Waals surface area contributed by atoms with Crippen molar-refractivity contribution in [2.45, 2.75) is 19.8 Å². The topological polar surface area (TPSA) is 41.1 Å². The summed E-state index contributed by atoms with van der Waals surface area (Å²) in [4.78, 5) is 11.9. The second-order valence-electron chi connectivity index (χ2n) is 5.47. The maximum Gasteiger partial charge on any atom is 0.254 e. The van der Waals surface area contributed by atoms with Crippen LogP contribution in [0.15, 0.2) is 12.1 Å². The van der Waals surface area contributed by atoms with Crippen molar-refractivity contribution < 1.29 is 18.0 Å². The molecule has 2 rings (SSSR count). The van der Waals surface area contributed by atoms with Gasteiger partial charge in [0.05, 0.1) is 5.56 Å². The third-order valence-corrected chi connectivity index (χ3v) is 3.77. The molecule has 3 nitrogen and oxygen atoms in total. The van der Waals surface area contributed by atoms with Gasteiger partial charge < -0.3 is 10.6 Å². The van der Waals surface area contributed by atoms with E-state index in [1.165, 1.54) is 0 Å². The van der Waals surface area contributed by atoms with Crippen LogP contribution in [0.4, 0.5) is 13.2 Å². The smallest absolute Gasteiger partial charge is 0.254 e. The van der Waals surface area contributed by atoms with Crippen LogP contribution in [0.2, 0.25) is 0 Å². The van der Waals surface area contributed by atoms with Gasteiger partial charge in [-0.2, -0.15) is 0 Å².